The van der Waals surface area contributed by atoms with Crippen LogP contribution in [0.25, 0.3) is 0 Å². The maximum atomic E-state index is 11.9. The highest BCUT2D eigenvalue weighted by atomic mass is 32.2. The molecule has 5 nitrogen and oxygen atoms in total. The smallest absolute Gasteiger partial charge is 0.251 e. The van der Waals surface area contributed by atoms with Crippen molar-refractivity contribution in [3.8, 4) is 0 Å². The van der Waals surface area contributed by atoms with Crippen LogP contribution in [0.5, 0.6) is 0 Å². The van der Waals surface area contributed by atoms with Gasteiger partial charge in [-0.05, 0) is 37.7 Å². The van der Waals surface area contributed by atoms with E-state index in [0.717, 1.165) is 6.54 Å². The molecule has 0 aliphatic carbocycles. The van der Waals surface area contributed by atoms with Gasteiger partial charge in [-0.3, -0.25) is 4.79 Å². The molecule has 20 heavy (non-hydrogen) atoms. The highest BCUT2D eigenvalue weighted by Gasteiger charge is 2.13. The Labute approximate surface area is 120 Å². The molecule has 0 fully saturated rings. The van der Waals surface area contributed by atoms with Crippen molar-refractivity contribution >= 4 is 15.7 Å². The van der Waals surface area contributed by atoms with Crippen LogP contribution in [0.3, 0.4) is 0 Å². The standard InChI is InChI=1S/C14H22N2O3S/c1-4-15-11(3)10-16-14(17)12-6-8-13(9-7-12)20(18,19)5-2/h6-9,11,15H,4-5,10H2,1-3H3,(H,16,17)/t11-/m1/s1. The van der Waals surface area contributed by atoms with Crippen molar-refractivity contribution in [1.29, 1.82) is 0 Å². The van der Waals surface area contributed by atoms with E-state index >= 15 is 0 Å². The second kappa shape index (κ2) is 7.40. The molecule has 0 spiro atoms. The zero-order valence-electron chi connectivity index (χ0n) is 12.1. The molecular formula is C14H22N2O3S. The minimum atomic E-state index is -3.22. The normalized spacial score (nSPS) is 12.9. The van der Waals surface area contributed by atoms with Gasteiger partial charge in [-0.2, -0.15) is 0 Å². The molecule has 1 atom stereocenters. The van der Waals surface area contributed by atoms with Crippen molar-refractivity contribution in [1.82, 2.24) is 10.6 Å². The monoisotopic (exact) mass is 298 g/mol. The van der Waals surface area contributed by atoms with E-state index < -0.39 is 9.84 Å². The summed E-state index contributed by atoms with van der Waals surface area (Å²) in [6.45, 7) is 6.96. The van der Waals surface area contributed by atoms with Gasteiger partial charge in [0.25, 0.3) is 5.91 Å². The first kappa shape index (κ1) is 16.7. The first-order chi connectivity index (χ1) is 9.40. The van der Waals surface area contributed by atoms with Crippen LogP contribution >= 0.6 is 0 Å². The van der Waals surface area contributed by atoms with E-state index in [1.807, 2.05) is 13.8 Å². The van der Waals surface area contributed by atoms with E-state index in [2.05, 4.69) is 10.6 Å². The van der Waals surface area contributed by atoms with Crippen molar-refractivity contribution in [2.24, 2.45) is 0 Å². The van der Waals surface area contributed by atoms with Crippen molar-refractivity contribution < 1.29 is 13.2 Å². The van der Waals surface area contributed by atoms with Crippen LogP contribution in [-0.2, 0) is 9.84 Å². The summed E-state index contributed by atoms with van der Waals surface area (Å²) in [6.07, 6.45) is 0. The molecule has 0 radical (unpaired) electrons. The number of carbonyl (C=O) groups excluding carboxylic acids is 1. The third kappa shape index (κ3) is 4.61. The van der Waals surface area contributed by atoms with E-state index in [1.54, 1.807) is 6.92 Å². The van der Waals surface area contributed by atoms with Crippen LogP contribution in [0.4, 0.5) is 0 Å². The lowest BCUT2D eigenvalue weighted by Crippen LogP contribution is -2.38. The van der Waals surface area contributed by atoms with Gasteiger partial charge >= 0.3 is 0 Å². The van der Waals surface area contributed by atoms with Crippen LogP contribution in [0, 0.1) is 0 Å². The third-order valence-electron chi connectivity index (χ3n) is 2.98. The number of likely N-dealkylation sites (N-methyl/N-ethyl adjacent to an activating group) is 1. The highest BCUT2D eigenvalue weighted by Crippen LogP contribution is 2.12. The Kier molecular flexibility index (Phi) is 6.16. The lowest BCUT2D eigenvalue weighted by atomic mass is 10.2. The van der Waals surface area contributed by atoms with Crippen LogP contribution in [0.1, 0.15) is 31.1 Å². The quantitative estimate of drug-likeness (QED) is 0.793. The summed E-state index contributed by atoms with van der Waals surface area (Å²) in [5.41, 5.74) is 0.462. The molecule has 0 aromatic heterocycles. The number of benzene rings is 1. The minimum absolute atomic E-state index is 0.0543. The Bertz CT molecular complexity index is 538. The summed E-state index contributed by atoms with van der Waals surface area (Å²) in [5.74, 6) is -0.145. The van der Waals surface area contributed by atoms with Crippen molar-refractivity contribution in [2.75, 3.05) is 18.8 Å². The first-order valence-electron chi connectivity index (χ1n) is 6.75. The van der Waals surface area contributed by atoms with Crippen LogP contribution in [-0.4, -0.2) is 39.2 Å². The largest absolute Gasteiger partial charge is 0.350 e. The van der Waals surface area contributed by atoms with Gasteiger partial charge in [0.15, 0.2) is 9.84 Å². The molecule has 2 N–H and O–H groups in total. The van der Waals surface area contributed by atoms with Gasteiger partial charge < -0.3 is 10.6 Å². The van der Waals surface area contributed by atoms with E-state index in [4.69, 9.17) is 0 Å². The number of carbonyl (C=O) groups is 1. The molecule has 1 amide bonds. The van der Waals surface area contributed by atoms with Crippen LogP contribution in [0.15, 0.2) is 29.2 Å². The average Bonchev–Trinajstić information content (AvgIpc) is 2.45. The van der Waals surface area contributed by atoms with E-state index in [1.165, 1.54) is 24.3 Å². The van der Waals surface area contributed by atoms with Crippen LogP contribution < -0.4 is 10.6 Å². The van der Waals surface area contributed by atoms with Gasteiger partial charge in [-0.15, -0.1) is 0 Å². The van der Waals surface area contributed by atoms with Gasteiger partial charge in [0, 0.05) is 18.2 Å². The molecule has 1 aromatic carbocycles. The molecule has 0 bridgehead atoms. The fourth-order valence-corrected chi connectivity index (χ4v) is 2.63. The molecular weight excluding hydrogens is 276 g/mol. The summed E-state index contributed by atoms with van der Waals surface area (Å²) in [6, 6.07) is 6.22. The summed E-state index contributed by atoms with van der Waals surface area (Å²) < 4.78 is 23.3. The van der Waals surface area contributed by atoms with Crippen molar-refractivity contribution in [3.63, 3.8) is 0 Å². The zero-order valence-corrected chi connectivity index (χ0v) is 13.0. The molecule has 0 saturated heterocycles. The Morgan fingerprint density at radius 1 is 1.20 bits per heavy atom. The van der Waals surface area contributed by atoms with Gasteiger partial charge in [0.05, 0.1) is 10.6 Å². The Morgan fingerprint density at radius 2 is 1.80 bits per heavy atom. The number of sulfone groups is 1. The summed E-state index contributed by atoms with van der Waals surface area (Å²) in [5, 5.41) is 6.00. The molecule has 0 saturated carbocycles. The number of nitrogens with one attached hydrogen (secondary N) is 2. The molecule has 0 heterocycles. The predicted octanol–water partition coefficient (Wildman–Crippen LogP) is 1.21. The zero-order chi connectivity index (χ0) is 15.2. The molecule has 112 valence electrons. The third-order valence-corrected chi connectivity index (χ3v) is 4.73. The van der Waals surface area contributed by atoms with Gasteiger partial charge in [0.2, 0.25) is 0 Å². The van der Waals surface area contributed by atoms with Crippen molar-refractivity contribution in [3.05, 3.63) is 29.8 Å². The summed E-state index contributed by atoms with van der Waals surface area (Å²) in [7, 11) is -3.22. The second-order valence-electron chi connectivity index (χ2n) is 4.60. The highest BCUT2D eigenvalue weighted by molar-refractivity contribution is 7.91. The topological polar surface area (TPSA) is 75.3 Å². The molecule has 0 aliphatic heterocycles. The van der Waals surface area contributed by atoms with Gasteiger partial charge in [-0.1, -0.05) is 13.8 Å². The maximum Gasteiger partial charge on any atom is 0.251 e. The lowest BCUT2D eigenvalue weighted by molar-refractivity contribution is 0.0950. The molecule has 6 heteroatoms. The molecule has 1 rings (SSSR count). The second-order valence-corrected chi connectivity index (χ2v) is 6.87. The lowest BCUT2D eigenvalue weighted by Gasteiger charge is -2.13. The number of amides is 1. The predicted molar refractivity (Wildman–Crippen MR) is 79.6 cm³/mol. The fourth-order valence-electron chi connectivity index (χ4n) is 1.75. The van der Waals surface area contributed by atoms with E-state index in [-0.39, 0.29) is 22.6 Å². The number of hydrogen-bond acceptors (Lipinski definition) is 4. The van der Waals surface area contributed by atoms with E-state index in [9.17, 15) is 13.2 Å². The van der Waals surface area contributed by atoms with E-state index in [0.29, 0.717) is 12.1 Å². The van der Waals surface area contributed by atoms with Gasteiger partial charge in [-0.25, -0.2) is 8.42 Å². The van der Waals surface area contributed by atoms with Gasteiger partial charge in [0.1, 0.15) is 0 Å². The Hall–Kier alpha value is -1.40. The SMILES string of the molecule is CCN[C@H](C)CNC(=O)c1ccc(S(=O)(=O)CC)cc1. The minimum Gasteiger partial charge on any atom is -0.350 e. The summed E-state index contributed by atoms with van der Waals surface area (Å²) >= 11 is 0. The van der Waals surface area contributed by atoms with Crippen LogP contribution in [0.2, 0.25) is 0 Å². The maximum absolute atomic E-state index is 11.9. The number of rotatable bonds is 7. The Morgan fingerprint density at radius 3 is 2.30 bits per heavy atom. The Balaban J connectivity index is 2.67. The molecule has 0 unspecified atom stereocenters. The number of hydrogen-bond donors (Lipinski definition) is 2. The fraction of sp³-hybridized carbons (Fsp3) is 0.500. The molecule has 0 aliphatic rings. The van der Waals surface area contributed by atoms with Crippen molar-refractivity contribution in [2.45, 2.75) is 31.7 Å². The average molecular weight is 298 g/mol. The first-order valence-corrected chi connectivity index (χ1v) is 8.40. The molecule has 1 aromatic rings. The summed E-state index contributed by atoms with van der Waals surface area (Å²) in [4.78, 5) is 12.1.